The molecule has 23 heavy (non-hydrogen) atoms. The van der Waals surface area contributed by atoms with Crippen molar-refractivity contribution in [1.82, 2.24) is 20.1 Å². The standard InChI is InChI=1S/C15H24N4O3S/c1-19-10-16-18-15(19)23-9-14(20)17-13-4-7-22-8-12(13)11-2-5-21-6-3-11/h10-13H,2-9H2,1H3,(H,17,20)/t12-,13-/m0/s1. The quantitative estimate of drug-likeness (QED) is 0.801. The minimum atomic E-state index is 0.0574. The van der Waals surface area contributed by atoms with E-state index in [1.807, 2.05) is 11.6 Å². The van der Waals surface area contributed by atoms with Crippen molar-refractivity contribution < 1.29 is 14.3 Å². The Morgan fingerprint density at radius 1 is 1.35 bits per heavy atom. The molecule has 0 saturated carbocycles. The van der Waals surface area contributed by atoms with Gasteiger partial charge in [0.2, 0.25) is 5.91 Å². The summed E-state index contributed by atoms with van der Waals surface area (Å²) in [6, 6.07) is 0.208. The van der Waals surface area contributed by atoms with Crippen LogP contribution in [0.3, 0.4) is 0 Å². The van der Waals surface area contributed by atoms with Gasteiger partial charge >= 0.3 is 0 Å². The highest BCUT2D eigenvalue weighted by atomic mass is 32.2. The predicted octanol–water partition coefficient (Wildman–Crippen LogP) is 0.855. The number of nitrogens with one attached hydrogen (secondary N) is 1. The van der Waals surface area contributed by atoms with Crippen molar-refractivity contribution in [3.05, 3.63) is 6.33 Å². The number of hydrogen-bond acceptors (Lipinski definition) is 6. The van der Waals surface area contributed by atoms with Gasteiger partial charge in [-0.15, -0.1) is 10.2 Å². The van der Waals surface area contributed by atoms with E-state index in [1.54, 1.807) is 6.33 Å². The van der Waals surface area contributed by atoms with E-state index >= 15 is 0 Å². The molecule has 1 N–H and O–H groups in total. The molecule has 128 valence electrons. The summed E-state index contributed by atoms with van der Waals surface area (Å²) in [6.45, 7) is 3.11. The molecule has 2 saturated heterocycles. The number of carbonyl (C=O) groups excluding carboxylic acids is 1. The second-order valence-electron chi connectivity index (χ2n) is 6.16. The van der Waals surface area contributed by atoms with Crippen LogP contribution in [0.4, 0.5) is 0 Å². The second-order valence-corrected chi connectivity index (χ2v) is 7.11. The number of ether oxygens (including phenoxy) is 2. The molecule has 0 aromatic carbocycles. The molecule has 1 aromatic rings. The average molecular weight is 340 g/mol. The van der Waals surface area contributed by atoms with Gasteiger partial charge in [0.1, 0.15) is 6.33 Å². The van der Waals surface area contributed by atoms with Gasteiger partial charge in [-0.3, -0.25) is 4.79 Å². The molecule has 0 radical (unpaired) electrons. The van der Waals surface area contributed by atoms with Gasteiger partial charge in [-0.25, -0.2) is 0 Å². The SMILES string of the molecule is Cn1cnnc1SCC(=O)N[C@H]1CCOC[C@H]1C1CCOCC1. The molecule has 0 bridgehead atoms. The summed E-state index contributed by atoms with van der Waals surface area (Å²) < 4.78 is 12.9. The number of aromatic nitrogens is 3. The maximum atomic E-state index is 12.3. The summed E-state index contributed by atoms with van der Waals surface area (Å²) in [6.07, 6.45) is 4.66. The fraction of sp³-hybridized carbons (Fsp3) is 0.800. The van der Waals surface area contributed by atoms with Crippen molar-refractivity contribution in [1.29, 1.82) is 0 Å². The van der Waals surface area contributed by atoms with Crippen LogP contribution in [0.15, 0.2) is 11.5 Å². The van der Waals surface area contributed by atoms with Crippen molar-refractivity contribution in [2.45, 2.75) is 30.5 Å². The Kier molecular flexibility index (Phi) is 5.91. The van der Waals surface area contributed by atoms with Gasteiger partial charge in [-0.05, 0) is 25.2 Å². The first kappa shape index (κ1) is 16.7. The van der Waals surface area contributed by atoms with E-state index in [9.17, 15) is 4.79 Å². The lowest BCUT2D eigenvalue weighted by Gasteiger charge is -2.39. The van der Waals surface area contributed by atoms with Gasteiger partial charge in [0.25, 0.3) is 0 Å². The zero-order chi connectivity index (χ0) is 16.1. The maximum absolute atomic E-state index is 12.3. The minimum Gasteiger partial charge on any atom is -0.381 e. The summed E-state index contributed by atoms with van der Waals surface area (Å²) in [5.41, 5.74) is 0. The van der Waals surface area contributed by atoms with Crippen molar-refractivity contribution >= 4 is 17.7 Å². The van der Waals surface area contributed by atoms with Crippen molar-refractivity contribution in [2.75, 3.05) is 32.2 Å². The molecule has 2 aliphatic heterocycles. The normalized spacial score (nSPS) is 26.1. The van der Waals surface area contributed by atoms with Gasteiger partial charge in [0.15, 0.2) is 5.16 Å². The first-order valence-electron chi connectivity index (χ1n) is 8.15. The molecule has 8 heteroatoms. The highest BCUT2D eigenvalue weighted by Crippen LogP contribution is 2.30. The summed E-state index contributed by atoms with van der Waals surface area (Å²) in [4.78, 5) is 12.3. The summed E-state index contributed by atoms with van der Waals surface area (Å²) in [5.74, 6) is 1.41. The van der Waals surface area contributed by atoms with Gasteiger partial charge in [-0.2, -0.15) is 0 Å². The zero-order valence-electron chi connectivity index (χ0n) is 13.4. The van der Waals surface area contributed by atoms with E-state index < -0.39 is 0 Å². The van der Waals surface area contributed by atoms with Gasteiger partial charge in [-0.1, -0.05) is 11.8 Å². The van der Waals surface area contributed by atoms with Crippen LogP contribution in [0, 0.1) is 11.8 Å². The fourth-order valence-corrected chi connectivity index (χ4v) is 4.03. The third-order valence-corrected chi connectivity index (χ3v) is 5.65. The highest BCUT2D eigenvalue weighted by molar-refractivity contribution is 7.99. The summed E-state index contributed by atoms with van der Waals surface area (Å²) in [5, 5.41) is 11.8. The monoisotopic (exact) mass is 340 g/mol. The molecule has 0 spiro atoms. The third kappa shape index (κ3) is 4.45. The van der Waals surface area contributed by atoms with Gasteiger partial charge in [0, 0.05) is 38.8 Å². The summed E-state index contributed by atoms with van der Waals surface area (Å²) in [7, 11) is 1.87. The molecule has 1 aromatic heterocycles. The minimum absolute atomic E-state index is 0.0574. The molecule has 3 rings (SSSR count). The molecule has 2 aliphatic rings. The maximum Gasteiger partial charge on any atom is 0.230 e. The number of hydrogen-bond donors (Lipinski definition) is 1. The molecular formula is C15H24N4O3S. The molecule has 7 nitrogen and oxygen atoms in total. The lowest BCUT2D eigenvalue weighted by Crippen LogP contribution is -2.49. The first-order valence-corrected chi connectivity index (χ1v) is 9.14. The Morgan fingerprint density at radius 2 is 2.13 bits per heavy atom. The van der Waals surface area contributed by atoms with E-state index in [0.29, 0.717) is 17.6 Å². The molecular weight excluding hydrogens is 316 g/mol. The second kappa shape index (κ2) is 8.12. The van der Waals surface area contributed by atoms with Crippen LogP contribution in [0.2, 0.25) is 0 Å². The predicted molar refractivity (Wildman–Crippen MR) is 86.1 cm³/mol. The van der Waals surface area contributed by atoms with Crippen LogP contribution < -0.4 is 5.32 Å². The van der Waals surface area contributed by atoms with Crippen LogP contribution in [0.1, 0.15) is 19.3 Å². The van der Waals surface area contributed by atoms with E-state index in [2.05, 4.69) is 15.5 Å². The number of aryl methyl sites for hydroxylation is 1. The van der Waals surface area contributed by atoms with Crippen molar-refractivity contribution in [3.8, 4) is 0 Å². The molecule has 2 fully saturated rings. The number of amides is 1. The topological polar surface area (TPSA) is 78.3 Å². The third-order valence-electron chi connectivity index (χ3n) is 4.62. The van der Waals surface area contributed by atoms with E-state index in [1.165, 1.54) is 11.8 Å². The van der Waals surface area contributed by atoms with Crippen LogP contribution >= 0.6 is 11.8 Å². The Bertz CT molecular complexity index is 519. The van der Waals surface area contributed by atoms with Gasteiger partial charge in [0.05, 0.1) is 12.4 Å². The number of rotatable bonds is 5. The number of carbonyl (C=O) groups is 1. The zero-order valence-corrected chi connectivity index (χ0v) is 14.3. The highest BCUT2D eigenvalue weighted by Gasteiger charge is 2.34. The largest absolute Gasteiger partial charge is 0.381 e. The molecule has 0 aliphatic carbocycles. The van der Waals surface area contributed by atoms with E-state index in [4.69, 9.17) is 9.47 Å². The Balaban J connectivity index is 1.51. The molecule has 3 heterocycles. The molecule has 1 amide bonds. The van der Waals surface area contributed by atoms with Crippen LogP contribution in [0.25, 0.3) is 0 Å². The lowest BCUT2D eigenvalue weighted by atomic mass is 9.79. The summed E-state index contributed by atoms with van der Waals surface area (Å²) >= 11 is 1.41. The Hall–Kier alpha value is -1.12. The number of thioether (sulfide) groups is 1. The van der Waals surface area contributed by atoms with Crippen molar-refractivity contribution in [2.24, 2.45) is 18.9 Å². The van der Waals surface area contributed by atoms with Crippen LogP contribution in [0.5, 0.6) is 0 Å². The average Bonchev–Trinajstić information content (AvgIpc) is 2.99. The van der Waals surface area contributed by atoms with Crippen LogP contribution in [-0.2, 0) is 21.3 Å². The number of nitrogens with zero attached hydrogens (tertiary/aromatic N) is 3. The lowest BCUT2D eigenvalue weighted by molar-refractivity contribution is -0.121. The molecule has 0 unspecified atom stereocenters. The Morgan fingerprint density at radius 3 is 2.87 bits per heavy atom. The molecule has 2 atom stereocenters. The van der Waals surface area contributed by atoms with Crippen LogP contribution in [-0.4, -0.2) is 58.9 Å². The fourth-order valence-electron chi connectivity index (χ4n) is 3.33. The van der Waals surface area contributed by atoms with Gasteiger partial charge < -0.3 is 19.4 Å². The van der Waals surface area contributed by atoms with E-state index in [-0.39, 0.29) is 11.9 Å². The Labute approximate surface area is 140 Å². The first-order chi connectivity index (χ1) is 11.2. The smallest absolute Gasteiger partial charge is 0.230 e. The van der Waals surface area contributed by atoms with Crippen molar-refractivity contribution in [3.63, 3.8) is 0 Å². The van der Waals surface area contributed by atoms with E-state index in [0.717, 1.165) is 50.8 Å².